The molecule has 0 unspecified atom stereocenters. The minimum atomic E-state index is -0.385. The van der Waals surface area contributed by atoms with Crippen LogP contribution in [0.3, 0.4) is 0 Å². The second-order valence-electron chi connectivity index (χ2n) is 5.42. The topological polar surface area (TPSA) is 55.4 Å². The summed E-state index contributed by atoms with van der Waals surface area (Å²) in [6.45, 7) is 0. The Morgan fingerprint density at radius 1 is 1.05 bits per heavy atom. The number of carbonyl (C=O) groups is 2. The molecule has 0 aromatic heterocycles. The van der Waals surface area contributed by atoms with Gasteiger partial charge in [0.1, 0.15) is 0 Å². The maximum atomic E-state index is 12.2. The Labute approximate surface area is 129 Å². The average Bonchev–Trinajstić information content (AvgIpc) is 3.36. The number of carbonyl (C=O) groups excluding carboxylic acids is 2. The minimum Gasteiger partial charge on any atom is -0.465 e. The van der Waals surface area contributed by atoms with E-state index in [4.69, 9.17) is 0 Å². The first kappa shape index (κ1) is 14.3. The summed E-state index contributed by atoms with van der Waals surface area (Å²) in [7, 11) is 1.34. The fraction of sp³-hybridized carbons (Fsp3) is 0.222. The monoisotopic (exact) mass is 295 g/mol. The molecule has 1 saturated carbocycles. The number of hydrogen-bond donors (Lipinski definition) is 1. The first-order chi connectivity index (χ1) is 10.7. The average molecular weight is 295 g/mol. The number of ether oxygens (including phenoxy) is 1. The molecule has 0 aliphatic heterocycles. The zero-order valence-electron chi connectivity index (χ0n) is 12.3. The van der Waals surface area contributed by atoms with Gasteiger partial charge < -0.3 is 10.1 Å². The minimum absolute atomic E-state index is 0.0275. The van der Waals surface area contributed by atoms with E-state index in [-0.39, 0.29) is 17.8 Å². The molecule has 2 atom stereocenters. The van der Waals surface area contributed by atoms with Gasteiger partial charge in [0, 0.05) is 11.6 Å². The van der Waals surface area contributed by atoms with E-state index in [1.54, 1.807) is 24.3 Å². The first-order valence-electron chi connectivity index (χ1n) is 7.23. The van der Waals surface area contributed by atoms with Gasteiger partial charge in [-0.25, -0.2) is 4.79 Å². The summed E-state index contributed by atoms with van der Waals surface area (Å²) >= 11 is 0. The second-order valence-corrected chi connectivity index (χ2v) is 5.42. The molecule has 0 bridgehead atoms. The molecule has 0 saturated heterocycles. The molecule has 1 amide bonds. The largest absolute Gasteiger partial charge is 0.465 e. The summed E-state index contributed by atoms with van der Waals surface area (Å²) in [4.78, 5) is 23.6. The van der Waals surface area contributed by atoms with Crippen LogP contribution >= 0.6 is 0 Å². The highest BCUT2D eigenvalue weighted by Crippen LogP contribution is 2.47. The predicted octanol–water partition coefficient (Wildman–Crippen LogP) is 3.22. The quantitative estimate of drug-likeness (QED) is 0.881. The fourth-order valence-corrected chi connectivity index (χ4v) is 2.60. The third kappa shape index (κ3) is 3.01. The molecule has 4 heteroatoms. The lowest BCUT2D eigenvalue weighted by Gasteiger charge is -2.06. The van der Waals surface area contributed by atoms with Crippen LogP contribution in [0.2, 0.25) is 0 Å². The molecular formula is C18H17NO3. The van der Waals surface area contributed by atoms with Crippen LogP contribution in [0.15, 0.2) is 54.6 Å². The summed E-state index contributed by atoms with van der Waals surface area (Å²) in [5.41, 5.74) is 2.37. The molecule has 4 nitrogen and oxygen atoms in total. The second kappa shape index (κ2) is 6.02. The van der Waals surface area contributed by atoms with E-state index in [9.17, 15) is 9.59 Å². The summed E-state index contributed by atoms with van der Waals surface area (Å²) in [5, 5.41) is 2.90. The van der Waals surface area contributed by atoms with Crippen molar-refractivity contribution >= 4 is 17.6 Å². The standard InChI is InChI=1S/C18H17NO3/c1-22-18(21)13-7-9-14(10-8-13)19-17(20)16-11-15(16)12-5-3-2-4-6-12/h2-10,15-16H,11H2,1H3,(H,19,20)/t15-,16+/m1/s1. The molecule has 1 aliphatic carbocycles. The van der Waals surface area contributed by atoms with Crippen LogP contribution in [0.1, 0.15) is 28.3 Å². The van der Waals surface area contributed by atoms with Gasteiger partial charge in [0.2, 0.25) is 5.91 Å². The van der Waals surface area contributed by atoms with Gasteiger partial charge in [0.25, 0.3) is 0 Å². The van der Waals surface area contributed by atoms with E-state index >= 15 is 0 Å². The Kier molecular flexibility index (Phi) is 3.92. The molecule has 0 spiro atoms. The molecule has 3 rings (SSSR count). The van der Waals surface area contributed by atoms with E-state index in [1.807, 2.05) is 18.2 Å². The summed E-state index contributed by atoms with van der Waals surface area (Å²) in [5.74, 6) is -0.0119. The van der Waals surface area contributed by atoms with Gasteiger partial charge in [-0.2, -0.15) is 0 Å². The van der Waals surface area contributed by atoms with Crippen molar-refractivity contribution in [3.63, 3.8) is 0 Å². The number of rotatable bonds is 4. The maximum absolute atomic E-state index is 12.2. The molecule has 1 aliphatic rings. The van der Waals surface area contributed by atoms with Gasteiger partial charge >= 0.3 is 5.97 Å². The summed E-state index contributed by atoms with van der Waals surface area (Å²) in [6.07, 6.45) is 0.885. The summed E-state index contributed by atoms with van der Waals surface area (Å²) < 4.78 is 4.64. The highest BCUT2D eigenvalue weighted by molar-refractivity contribution is 5.96. The van der Waals surface area contributed by atoms with E-state index < -0.39 is 0 Å². The van der Waals surface area contributed by atoms with Crippen molar-refractivity contribution < 1.29 is 14.3 Å². The Balaban J connectivity index is 1.60. The van der Waals surface area contributed by atoms with Gasteiger partial charge in [0.05, 0.1) is 12.7 Å². The van der Waals surface area contributed by atoms with Crippen LogP contribution in [0.25, 0.3) is 0 Å². The SMILES string of the molecule is COC(=O)c1ccc(NC(=O)[C@H]2C[C@@H]2c2ccccc2)cc1. The zero-order chi connectivity index (χ0) is 15.5. The van der Waals surface area contributed by atoms with Crippen molar-refractivity contribution in [2.45, 2.75) is 12.3 Å². The molecule has 22 heavy (non-hydrogen) atoms. The van der Waals surface area contributed by atoms with Crippen LogP contribution in [-0.2, 0) is 9.53 Å². The molecule has 112 valence electrons. The van der Waals surface area contributed by atoms with Gasteiger partial charge in [-0.05, 0) is 42.2 Å². The Morgan fingerprint density at radius 2 is 1.73 bits per heavy atom. The van der Waals surface area contributed by atoms with E-state index in [0.717, 1.165) is 6.42 Å². The predicted molar refractivity (Wildman–Crippen MR) is 83.7 cm³/mol. The number of esters is 1. The highest BCUT2D eigenvalue weighted by Gasteiger charge is 2.43. The number of benzene rings is 2. The van der Waals surface area contributed by atoms with E-state index in [0.29, 0.717) is 17.2 Å². The maximum Gasteiger partial charge on any atom is 0.337 e. The Bertz CT molecular complexity index is 679. The van der Waals surface area contributed by atoms with Gasteiger partial charge in [-0.1, -0.05) is 30.3 Å². The van der Waals surface area contributed by atoms with Gasteiger partial charge in [0.15, 0.2) is 0 Å². The molecule has 1 fully saturated rings. The third-order valence-corrected chi connectivity index (χ3v) is 3.93. The van der Waals surface area contributed by atoms with Crippen molar-refractivity contribution in [2.75, 3.05) is 12.4 Å². The van der Waals surface area contributed by atoms with Crippen LogP contribution in [0.4, 0.5) is 5.69 Å². The number of amides is 1. The van der Waals surface area contributed by atoms with Crippen molar-refractivity contribution in [2.24, 2.45) is 5.92 Å². The van der Waals surface area contributed by atoms with Gasteiger partial charge in [-0.15, -0.1) is 0 Å². The summed E-state index contributed by atoms with van der Waals surface area (Å²) in [6, 6.07) is 16.8. The molecule has 0 radical (unpaired) electrons. The molecule has 0 heterocycles. The van der Waals surface area contributed by atoms with Crippen LogP contribution in [0, 0.1) is 5.92 Å². The van der Waals surface area contributed by atoms with Crippen molar-refractivity contribution in [3.8, 4) is 0 Å². The van der Waals surface area contributed by atoms with Crippen LogP contribution in [0.5, 0.6) is 0 Å². The lowest BCUT2D eigenvalue weighted by Crippen LogP contribution is -2.14. The molecule has 1 N–H and O–H groups in total. The first-order valence-corrected chi connectivity index (χ1v) is 7.23. The smallest absolute Gasteiger partial charge is 0.337 e. The number of methoxy groups -OCH3 is 1. The molecule has 2 aromatic carbocycles. The van der Waals surface area contributed by atoms with E-state index in [2.05, 4.69) is 22.2 Å². The van der Waals surface area contributed by atoms with Crippen molar-refractivity contribution in [1.82, 2.24) is 0 Å². The van der Waals surface area contributed by atoms with Crippen LogP contribution in [-0.4, -0.2) is 19.0 Å². The Morgan fingerprint density at radius 3 is 2.36 bits per heavy atom. The number of nitrogens with one attached hydrogen (secondary N) is 1. The third-order valence-electron chi connectivity index (χ3n) is 3.93. The lowest BCUT2D eigenvalue weighted by atomic mass is 10.1. The number of anilines is 1. The van der Waals surface area contributed by atoms with Gasteiger partial charge in [-0.3, -0.25) is 4.79 Å². The van der Waals surface area contributed by atoms with E-state index in [1.165, 1.54) is 12.7 Å². The number of hydrogen-bond acceptors (Lipinski definition) is 3. The fourth-order valence-electron chi connectivity index (χ4n) is 2.60. The highest BCUT2D eigenvalue weighted by atomic mass is 16.5. The van der Waals surface area contributed by atoms with Crippen molar-refractivity contribution in [1.29, 1.82) is 0 Å². The molecule has 2 aromatic rings. The normalized spacial score (nSPS) is 19.3. The zero-order valence-corrected chi connectivity index (χ0v) is 12.3. The van der Waals surface area contributed by atoms with Crippen molar-refractivity contribution in [3.05, 3.63) is 65.7 Å². The Hall–Kier alpha value is -2.62. The lowest BCUT2D eigenvalue weighted by molar-refractivity contribution is -0.117. The van der Waals surface area contributed by atoms with Crippen LogP contribution < -0.4 is 5.32 Å². The molecular weight excluding hydrogens is 278 g/mol.